The Morgan fingerprint density at radius 2 is 1.07 bits per heavy atom. The van der Waals surface area contributed by atoms with Crippen molar-refractivity contribution in [3.05, 3.63) is 35.9 Å². The van der Waals surface area contributed by atoms with E-state index in [9.17, 15) is 0 Å². The SMILES string of the molecule is CCCCCCCCCCCCCC(Cc1ccccc1)[N+](CC)(CC)CC. The molecular weight excluding hydrogens is 338 g/mol. The lowest BCUT2D eigenvalue weighted by atomic mass is 9.95. The molecule has 28 heavy (non-hydrogen) atoms. The van der Waals surface area contributed by atoms with Gasteiger partial charge in [0.1, 0.15) is 0 Å². The van der Waals surface area contributed by atoms with Gasteiger partial charge in [-0.15, -0.1) is 0 Å². The van der Waals surface area contributed by atoms with Gasteiger partial charge >= 0.3 is 0 Å². The second-order valence-electron chi connectivity index (χ2n) is 8.83. The van der Waals surface area contributed by atoms with Crippen LogP contribution in [0.15, 0.2) is 30.3 Å². The van der Waals surface area contributed by atoms with Crippen LogP contribution in [0.25, 0.3) is 0 Å². The summed E-state index contributed by atoms with van der Waals surface area (Å²) in [6.45, 7) is 13.3. The van der Waals surface area contributed by atoms with Crippen molar-refractivity contribution >= 4 is 0 Å². The minimum Gasteiger partial charge on any atom is -0.322 e. The standard InChI is InChI=1S/C27H50N/c1-5-9-10-11-12-13-14-15-16-17-21-24-27(28(6-2,7-3)8-4)25-26-22-19-18-20-23-26/h18-20,22-23,27H,5-17,21,24-25H2,1-4H3/q+1. The number of hydrogen-bond donors (Lipinski definition) is 0. The van der Waals surface area contributed by atoms with E-state index in [0.29, 0.717) is 0 Å². The van der Waals surface area contributed by atoms with Crippen LogP contribution in [-0.2, 0) is 6.42 Å². The molecule has 0 saturated heterocycles. The quantitative estimate of drug-likeness (QED) is 0.176. The highest BCUT2D eigenvalue weighted by molar-refractivity contribution is 5.15. The van der Waals surface area contributed by atoms with Gasteiger partial charge in [0.15, 0.2) is 0 Å². The van der Waals surface area contributed by atoms with Crippen molar-refractivity contribution in [2.24, 2.45) is 0 Å². The molecule has 0 heterocycles. The van der Waals surface area contributed by atoms with E-state index in [1.807, 2.05) is 0 Å². The monoisotopic (exact) mass is 388 g/mol. The van der Waals surface area contributed by atoms with E-state index in [4.69, 9.17) is 0 Å². The van der Waals surface area contributed by atoms with Crippen LogP contribution in [0.5, 0.6) is 0 Å². The molecule has 1 atom stereocenters. The predicted molar refractivity (Wildman–Crippen MR) is 127 cm³/mol. The van der Waals surface area contributed by atoms with E-state index in [1.54, 1.807) is 0 Å². The molecule has 0 aliphatic rings. The van der Waals surface area contributed by atoms with Crippen molar-refractivity contribution in [2.45, 2.75) is 117 Å². The predicted octanol–water partition coefficient (Wildman–Crippen LogP) is 8.18. The number of nitrogens with zero attached hydrogens (tertiary/aromatic N) is 1. The van der Waals surface area contributed by atoms with Gasteiger partial charge in [-0.25, -0.2) is 0 Å². The Balaban J connectivity index is 2.33. The smallest absolute Gasteiger partial charge is 0.0930 e. The fourth-order valence-corrected chi connectivity index (χ4v) is 4.95. The first-order valence-corrected chi connectivity index (χ1v) is 12.6. The van der Waals surface area contributed by atoms with Gasteiger partial charge in [-0.3, -0.25) is 0 Å². The molecule has 1 rings (SSSR count). The summed E-state index contributed by atoms with van der Waals surface area (Å²) >= 11 is 0. The molecule has 0 aromatic heterocycles. The third-order valence-electron chi connectivity index (χ3n) is 7.12. The minimum absolute atomic E-state index is 0.779. The molecule has 1 aromatic rings. The van der Waals surface area contributed by atoms with Crippen molar-refractivity contribution in [3.63, 3.8) is 0 Å². The summed E-state index contributed by atoms with van der Waals surface area (Å²) in [7, 11) is 0. The topological polar surface area (TPSA) is 0 Å². The van der Waals surface area contributed by atoms with E-state index < -0.39 is 0 Å². The third-order valence-corrected chi connectivity index (χ3v) is 7.12. The van der Waals surface area contributed by atoms with E-state index in [1.165, 1.54) is 113 Å². The van der Waals surface area contributed by atoms with E-state index in [2.05, 4.69) is 58.0 Å². The Labute approximate surface area is 177 Å². The molecule has 0 aliphatic heterocycles. The Kier molecular flexibility index (Phi) is 14.4. The maximum Gasteiger partial charge on any atom is 0.0930 e. The molecule has 0 spiro atoms. The minimum atomic E-state index is 0.779. The largest absolute Gasteiger partial charge is 0.322 e. The van der Waals surface area contributed by atoms with Crippen LogP contribution in [0.4, 0.5) is 0 Å². The lowest BCUT2D eigenvalue weighted by molar-refractivity contribution is -0.947. The van der Waals surface area contributed by atoms with Gasteiger partial charge in [0, 0.05) is 6.42 Å². The molecular formula is C27H50N+. The Bertz CT molecular complexity index is 440. The third kappa shape index (κ3) is 9.59. The molecule has 0 N–H and O–H groups in total. The maximum absolute atomic E-state index is 2.39. The summed E-state index contributed by atoms with van der Waals surface area (Å²) in [5.41, 5.74) is 1.52. The second-order valence-corrected chi connectivity index (χ2v) is 8.83. The summed E-state index contributed by atoms with van der Waals surface area (Å²) in [6, 6.07) is 12.0. The highest BCUT2D eigenvalue weighted by Crippen LogP contribution is 2.23. The number of quaternary nitrogens is 1. The number of unbranched alkanes of at least 4 members (excludes halogenated alkanes) is 10. The second kappa shape index (κ2) is 16.0. The molecule has 0 aliphatic carbocycles. The first-order valence-electron chi connectivity index (χ1n) is 12.6. The van der Waals surface area contributed by atoms with Gasteiger partial charge in [0.2, 0.25) is 0 Å². The number of rotatable bonds is 18. The Hall–Kier alpha value is -0.820. The van der Waals surface area contributed by atoms with Crippen molar-refractivity contribution in [3.8, 4) is 0 Å². The molecule has 0 fully saturated rings. The van der Waals surface area contributed by atoms with E-state index >= 15 is 0 Å². The summed E-state index contributed by atoms with van der Waals surface area (Å²) in [5.74, 6) is 0. The van der Waals surface area contributed by atoms with Crippen molar-refractivity contribution in [1.29, 1.82) is 0 Å². The van der Waals surface area contributed by atoms with Crippen LogP contribution >= 0.6 is 0 Å². The average Bonchev–Trinajstić information content (AvgIpc) is 2.74. The number of benzene rings is 1. The molecule has 0 bridgehead atoms. The van der Waals surface area contributed by atoms with Crippen LogP contribution in [0, 0.1) is 0 Å². The lowest BCUT2D eigenvalue weighted by Gasteiger charge is -2.43. The fraction of sp³-hybridized carbons (Fsp3) is 0.778. The highest BCUT2D eigenvalue weighted by atomic mass is 15.4. The zero-order chi connectivity index (χ0) is 20.5. The van der Waals surface area contributed by atoms with Crippen LogP contribution in [0.3, 0.4) is 0 Å². The van der Waals surface area contributed by atoms with Crippen molar-refractivity contribution in [2.75, 3.05) is 19.6 Å². The van der Waals surface area contributed by atoms with Gasteiger partial charge in [-0.2, -0.15) is 0 Å². The number of hydrogen-bond acceptors (Lipinski definition) is 0. The summed E-state index contributed by atoms with van der Waals surface area (Å²) in [6.07, 6.45) is 18.4. The van der Waals surface area contributed by atoms with Crippen LogP contribution in [-0.4, -0.2) is 30.2 Å². The number of likely N-dealkylation sites (N-methyl/N-ethyl adjacent to an activating group) is 1. The first-order chi connectivity index (χ1) is 13.7. The summed E-state index contributed by atoms with van der Waals surface area (Å²) in [4.78, 5) is 0. The fourth-order valence-electron chi connectivity index (χ4n) is 4.95. The van der Waals surface area contributed by atoms with E-state index in [0.717, 1.165) is 6.04 Å². The molecule has 1 aromatic carbocycles. The molecule has 0 amide bonds. The van der Waals surface area contributed by atoms with Crippen LogP contribution in [0.2, 0.25) is 0 Å². The molecule has 1 nitrogen and oxygen atoms in total. The zero-order valence-corrected chi connectivity index (χ0v) is 19.7. The van der Waals surface area contributed by atoms with Gasteiger partial charge in [-0.05, 0) is 39.2 Å². The average molecular weight is 389 g/mol. The highest BCUT2D eigenvalue weighted by Gasteiger charge is 2.31. The normalized spacial score (nSPS) is 13.0. The summed E-state index contributed by atoms with van der Waals surface area (Å²) < 4.78 is 1.28. The van der Waals surface area contributed by atoms with Gasteiger partial charge in [0.25, 0.3) is 0 Å². The van der Waals surface area contributed by atoms with E-state index in [-0.39, 0.29) is 0 Å². The zero-order valence-electron chi connectivity index (χ0n) is 19.7. The van der Waals surface area contributed by atoms with Crippen LogP contribution < -0.4 is 0 Å². The molecule has 1 heteroatoms. The van der Waals surface area contributed by atoms with Gasteiger partial charge in [0.05, 0.1) is 25.7 Å². The van der Waals surface area contributed by atoms with Gasteiger partial charge < -0.3 is 4.48 Å². The Morgan fingerprint density at radius 1 is 0.607 bits per heavy atom. The molecule has 162 valence electrons. The van der Waals surface area contributed by atoms with Gasteiger partial charge in [-0.1, -0.05) is 101 Å². The van der Waals surface area contributed by atoms with Crippen molar-refractivity contribution in [1.82, 2.24) is 0 Å². The maximum atomic E-state index is 2.39. The van der Waals surface area contributed by atoms with Crippen LogP contribution in [0.1, 0.15) is 110 Å². The molecule has 0 radical (unpaired) electrons. The first kappa shape index (κ1) is 25.2. The molecule has 1 unspecified atom stereocenters. The molecule has 0 saturated carbocycles. The summed E-state index contributed by atoms with van der Waals surface area (Å²) in [5, 5.41) is 0. The van der Waals surface area contributed by atoms with Crippen molar-refractivity contribution < 1.29 is 4.48 Å². The Morgan fingerprint density at radius 3 is 1.54 bits per heavy atom. The lowest BCUT2D eigenvalue weighted by Crippen LogP contribution is -2.56.